The van der Waals surface area contributed by atoms with Crippen LogP contribution in [-0.2, 0) is 33.6 Å². The van der Waals surface area contributed by atoms with E-state index in [1.165, 1.54) is 11.3 Å². The van der Waals surface area contributed by atoms with Crippen molar-refractivity contribution in [3.63, 3.8) is 0 Å². The number of aliphatic carboxylic acids is 1. The predicted molar refractivity (Wildman–Crippen MR) is 119 cm³/mol. The number of aromatic amines is 1. The van der Waals surface area contributed by atoms with E-state index in [-0.39, 0.29) is 12.3 Å². The molecule has 3 aliphatic rings. The zero-order valence-electron chi connectivity index (χ0n) is 17.5. The third kappa shape index (κ3) is 3.85. The summed E-state index contributed by atoms with van der Waals surface area (Å²) in [6.45, 7) is 3.11. The SMILES string of the molecule is O=C(O)CCc1c(C=C2C(=O)Nc3cc(N4CCOCC4)ccc32)[nH]c2c1CCCC2. The molecule has 0 atom stereocenters. The number of hydrogen-bond acceptors (Lipinski definition) is 4. The zero-order valence-corrected chi connectivity index (χ0v) is 17.5. The molecule has 1 saturated heterocycles. The summed E-state index contributed by atoms with van der Waals surface area (Å²) < 4.78 is 5.43. The molecule has 0 bridgehead atoms. The van der Waals surface area contributed by atoms with Gasteiger partial charge in [-0.05, 0) is 61.4 Å². The second-order valence-electron chi connectivity index (χ2n) is 8.42. The molecular formula is C24H27N3O4. The maximum absolute atomic E-state index is 12.8. The summed E-state index contributed by atoms with van der Waals surface area (Å²) in [7, 11) is 0. The Bertz CT molecular complexity index is 1060. The van der Waals surface area contributed by atoms with Crippen LogP contribution in [0.25, 0.3) is 11.6 Å². The lowest BCUT2D eigenvalue weighted by Gasteiger charge is -2.29. The van der Waals surface area contributed by atoms with Gasteiger partial charge in [0, 0.05) is 42.1 Å². The van der Waals surface area contributed by atoms with Gasteiger partial charge in [-0.15, -0.1) is 0 Å². The van der Waals surface area contributed by atoms with E-state index in [1.54, 1.807) is 0 Å². The molecule has 3 heterocycles. The monoisotopic (exact) mass is 421 g/mol. The number of aryl methyl sites for hydroxylation is 1. The Labute approximate surface area is 181 Å². The number of carboxylic acids is 1. The van der Waals surface area contributed by atoms with Gasteiger partial charge < -0.3 is 25.0 Å². The first-order valence-electron chi connectivity index (χ1n) is 11.0. The first kappa shape index (κ1) is 19.9. The van der Waals surface area contributed by atoms with Crippen LogP contribution in [0.3, 0.4) is 0 Å². The van der Waals surface area contributed by atoms with Crippen LogP contribution in [-0.4, -0.2) is 48.3 Å². The quantitative estimate of drug-likeness (QED) is 0.645. The Morgan fingerprint density at radius 1 is 1.19 bits per heavy atom. The van der Waals surface area contributed by atoms with Gasteiger partial charge in [-0.2, -0.15) is 0 Å². The van der Waals surface area contributed by atoms with Crippen molar-refractivity contribution in [3.05, 3.63) is 46.3 Å². The number of benzene rings is 1. The molecule has 31 heavy (non-hydrogen) atoms. The van der Waals surface area contributed by atoms with Crippen molar-refractivity contribution >= 4 is 34.9 Å². The summed E-state index contributed by atoms with van der Waals surface area (Å²) in [6.07, 6.45) is 6.67. The molecule has 0 saturated carbocycles. The number of amides is 1. The maximum atomic E-state index is 12.8. The number of ether oxygens (including phenoxy) is 1. The van der Waals surface area contributed by atoms with Crippen molar-refractivity contribution in [3.8, 4) is 0 Å². The van der Waals surface area contributed by atoms with E-state index < -0.39 is 5.97 Å². The fourth-order valence-corrected chi connectivity index (χ4v) is 4.91. The molecule has 162 valence electrons. The molecule has 7 nitrogen and oxygen atoms in total. The van der Waals surface area contributed by atoms with Crippen LogP contribution >= 0.6 is 0 Å². The molecule has 3 N–H and O–H groups in total. The smallest absolute Gasteiger partial charge is 0.303 e. The Kier molecular flexibility index (Phi) is 5.28. The fourth-order valence-electron chi connectivity index (χ4n) is 4.91. The molecule has 2 aromatic rings. The first-order valence-corrected chi connectivity index (χ1v) is 11.0. The minimum atomic E-state index is -0.802. The van der Waals surface area contributed by atoms with Crippen molar-refractivity contribution in [2.75, 3.05) is 36.5 Å². The molecule has 1 aliphatic carbocycles. The predicted octanol–water partition coefficient (Wildman–Crippen LogP) is 3.24. The number of carbonyl (C=O) groups excluding carboxylic acids is 1. The molecular weight excluding hydrogens is 394 g/mol. The van der Waals surface area contributed by atoms with Gasteiger partial charge in [0.25, 0.3) is 5.91 Å². The van der Waals surface area contributed by atoms with Crippen LogP contribution in [0.2, 0.25) is 0 Å². The second-order valence-corrected chi connectivity index (χ2v) is 8.42. The summed E-state index contributed by atoms with van der Waals surface area (Å²) in [5.41, 5.74) is 7.79. The Balaban J connectivity index is 1.50. The topological polar surface area (TPSA) is 94.7 Å². The summed E-state index contributed by atoms with van der Waals surface area (Å²) in [4.78, 5) is 29.8. The molecule has 7 heteroatoms. The molecule has 1 fully saturated rings. The van der Waals surface area contributed by atoms with E-state index in [9.17, 15) is 14.7 Å². The van der Waals surface area contributed by atoms with Crippen LogP contribution in [0.15, 0.2) is 18.2 Å². The summed E-state index contributed by atoms with van der Waals surface area (Å²) in [6, 6.07) is 6.09. The molecule has 0 unspecified atom stereocenters. The lowest BCUT2D eigenvalue weighted by Crippen LogP contribution is -2.36. The maximum Gasteiger partial charge on any atom is 0.303 e. The van der Waals surface area contributed by atoms with Crippen LogP contribution in [0, 0.1) is 0 Å². The van der Waals surface area contributed by atoms with Crippen molar-refractivity contribution < 1.29 is 19.4 Å². The molecule has 0 spiro atoms. The van der Waals surface area contributed by atoms with E-state index in [0.29, 0.717) is 25.2 Å². The minimum Gasteiger partial charge on any atom is -0.481 e. The number of morpholine rings is 1. The van der Waals surface area contributed by atoms with Gasteiger partial charge in [0.05, 0.1) is 24.5 Å². The Hall–Kier alpha value is -3.06. The van der Waals surface area contributed by atoms with Crippen LogP contribution in [0.5, 0.6) is 0 Å². The third-order valence-corrected chi connectivity index (χ3v) is 6.48. The summed E-state index contributed by atoms with van der Waals surface area (Å²) in [5.74, 6) is -0.921. The van der Waals surface area contributed by atoms with E-state index in [0.717, 1.165) is 67.0 Å². The number of fused-ring (bicyclic) bond motifs is 2. The molecule has 0 radical (unpaired) electrons. The normalized spacial score (nSPS) is 19.3. The molecule has 2 aliphatic heterocycles. The number of carboxylic acid groups (broad SMARTS) is 1. The highest BCUT2D eigenvalue weighted by atomic mass is 16.5. The van der Waals surface area contributed by atoms with Gasteiger partial charge in [-0.25, -0.2) is 0 Å². The van der Waals surface area contributed by atoms with Gasteiger partial charge >= 0.3 is 5.97 Å². The van der Waals surface area contributed by atoms with Gasteiger partial charge in [-0.1, -0.05) is 6.07 Å². The van der Waals surface area contributed by atoms with Crippen molar-refractivity contribution in [1.82, 2.24) is 4.98 Å². The lowest BCUT2D eigenvalue weighted by atomic mass is 9.92. The average Bonchev–Trinajstić information content (AvgIpc) is 3.29. The zero-order chi connectivity index (χ0) is 21.4. The number of hydrogen-bond donors (Lipinski definition) is 3. The number of rotatable bonds is 5. The standard InChI is InChI=1S/C24H27N3O4/c28-23(29)8-7-17-16-3-1-2-4-20(16)25-22(17)14-19-18-6-5-15(13-21(18)26-24(19)30)27-9-11-31-12-10-27/h5-6,13-14,25H,1-4,7-12H2,(H,26,30)(H,28,29). The van der Waals surface area contributed by atoms with Crippen LogP contribution < -0.4 is 10.2 Å². The van der Waals surface area contributed by atoms with Crippen molar-refractivity contribution in [2.24, 2.45) is 0 Å². The molecule has 1 amide bonds. The highest BCUT2D eigenvalue weighted by molar-refractivity contribution is 6.35. The average molecular weight is 421 g/mol. The largest absolute Gasteiger partial charge is 0.481 e. The fraction of sp³-hybridized carbons (Fsp3) is 0.417. The summed E-state index contributed by atoms with van der Waals surface area (Å²) >= 11 is 0. The van der Waals surface area contributed by atoms with Crippen LogP contribution in [0.1, 0.15) is 47.3 Å². The Morgan fingerprint density at radius 3 is 2.81 bits per heavy atom. The second kappa shape index (κ2) is 8.23. The van der Waals surface area contributed by atoms with Crippen molar-refractivity contribution in [1.29, 1.82) is 0 Å². The number of H-pyrrole nitrogens is 1. The third-order valence-electron chi connectivity index (χ3n) is 6.48. The van der Waals surface area contributed by atoms with Crippen molar-refractivity contribution in [2.45, 2.75) is 38.5 Å². The number of carbonyl (C=O) groups is 2. The van der Waals surface area contributed by atoms with E-state index in [4.69, 9.17) is 4.74 Å². The summed E-state index contributed by atoms with van der Waals surface area (Å²) in [5, 5.41) is 12.2. The van der Waals surface area contributed by atoms with Gasteiger partial charge in [-0.3, -0.25) is 9.59 Å². The number of nitrogens with one attached hydrogen (secondary N) is 2. The minimum absolute atomic E-state index is 0.0894. The lowest BCUT2D eigenvalue weighted by molar-refractivity contribution is -0.137. The first-order chi connectivity index (χ1) is 15.1. The van der Waals surface area contributed by atoms with E-state index in [2.05, 4.69) is 21.3 Å². The Morgan fingerprint density at radius 2 is 2.00 bits per heavy atom. The van der Waals surface area contributed by atoms with Crippen LogP contribution in [0.4, 0.5) is 11.4 Å². The van der Waals surface area contributed by atoms with Gasteiger partial charge in [0.2, 0.25) is 0 Å². The molecule has 1 aromatic heterocycles. The number of nitrogens with zero attached hydrogens (tertiary/aromatic N) is 1. The molecule has 1 aromatic carbocycles. The highest BCUT2D eigenvalue weighted by Gasteiger charge is 2.27. The number of aromatic nitrogens is 1. The van der Waals surface area contributed by atoms with E-state index >= 15 is 0 Å². The van der Waals surface area contributed by atoms with Gasteiger partial charge in [0.15, 0.2) is 0 Å². The van der Waals surface area contributed by atoms with E-state index in [1.807, 2.05) is 18.2 Å². The molecule has 5 rings (SSSR count). The highest BCUT2D eigenvalue weighted by Crippen LogP contribution is 2.37. The van der Waals surface area contributed by atoms with Gasteiger partial charge in [0.1, 0.15) is 0 Å². The number of anilines is 2.